The number of benzene rings is 2. The minimum absolute atomic E-state index is 0.0593. The zero-order chi connectivity index (χ0) is 22.7. The lowest BCUT2D eigenvalue weighted by Crippen LogP contribution is -2.54. The number of ether oxygens (including phenoxy) is 2. The molecule has 0 unspecified atom stereocenters. The number of rotatable bonds is 5. The average Bonchev–Trinajstić information content (AvgIpc) is 2.73. The monoisotopic (exact) mass is 550 g/mol. The van der Waals surface area contributed by atoms with Gasteiger partial charge in [0, 0.05) is 5.02 Å². The summed E-state index contributed by atoms with van der Waals surface area (Å²) in [6.45, 7) is 1.74. The van der Waals surface area contributed by atoms with Crippen LogP contribution < -0.4 is 19.7 Å². The Morgan fingerprint density at radius 1 is 1.29 bits per heavy atom. The molecule has 0 aromatic heterocycles. The number of methoxy groups -OCH3 is 1. The molecule has 0 spiro atoms. The van der Waals surface area contributed by atoms with Crippen LogP contribution in [0.2, 0.25) is 5.02 Å². The van der Waals surface area contributed by atoms with E-state index < -0.39 is 17.8 Å². The van der Waals surface area contributed by atoms with Gasteiger partial charge in [-0.1, -0.05) is 23.6 Å². The molecular weight excluding hydrogens is 535 g/mol. The van der Waals surface area contributed by atoms with Crippen molar-refractivity contribution < 1.29 is 23.9 Å². The van der Waals surface area contributed by atoms with Gasteiger partial charge in [0.1, 0.15) is 12.2 Å². The summed E-state index contributed by atoms with van der Waals surface area (Å²) in [4.78, 5) is 38.9. The van der Waals surface area contributed by atoms with Gasteiger partial charge in [0.25, 0.3) is 11.8 Å². The van der Waals surface area contributed by atoms with Crippen molar-refractivity contribution in [1.29, 1.82) is 0 Å². The fraction of sp³-hybridized carbons (Fsp3) is 0.136. The normalized spacial score (nSPS) is 15.0. The molecule has 1 fully saturated rings. The molecule has 2 aromatic rings. The summed E-state index contributed by atoms with van der Waals surface area (Å²) in [6.07, 6.45) is 6.63. The van der Waals surface area contributed by atoms with E-state index in [1.807, 2.05) is 22.6 Å². The van der Waals surface area contributed by atoms with Gasteiger partial charge in [-0.15, -0.1) is 6.42 Å². The van der Waals surface area contributed by atoms with Gasteiger partial charge in [0.2, 0.25) is 0 Å². The van der Waals surface area contributed by atoms with Crippen molar-refractivity contribution in [3.05, 3.63) is 55.6 Å². The molecule has 7 nitrogen and oxygen atoms in total. The van der Waals surface area contributed by atoms with Gasteiger partial charge in [-0.2, -0.15) is 0 Å². The van der Waals surface area contributed by atoms with Crippen molar-refractivity contribution in [3.63, 3.8) is 0 Å². The second kappa shape index (κ2) is 9.41. The number of carbonyl (C=O) groups excluding carboxylic acids is 3. The lowest BCUT2D eigenvalue weighted by atomic mass is 10.1. The number of nitrogens with zero attached hydrogens (tertiary/aromatic N) is 1. The van der Waals surface area contributed by atoms with Crippen LogP contribution in [-0.2, 0) is 9.59 Å². The Morgan fingerprint density at radius 3 is 2.71 bits per heavy atom. The lowest BCUT2D eigenvalue weighted by Gasteiger charge is -2.27. The van der Waals surface area contributed by atoms with E-state index in [9.17, 15) is 14.4 Å². The van der Waals surface area contributed by atoms with Crippen molar-refractivity contribution >= 4 is 63.8 Å². The van der Waals surface area contributed by atoms with Gasteiger partial charge in [-0.25, -0.2) is 9.69 Å². The van der Waals surface area contributed by atoms with Crippen molar-refractivity contribution in [2.45, 2.75) is 6.92 Å². The molecule has 3 rings (SSSR count). The maximum absolute atomic E-state index is 13.1. The quantitative estimate of drug-likeness (QED) is 0.264. The van der Waals surface area contributed by atoms with Crippen molar-refractivity contribution in [3.8, 4) is 23.8 Å². The van der Waals surface area contributed by atoms with Crippen LogP contribution in [0.4, 0.5) is 10.5 Å². The fourth-order valence-corrected chi connectivity index (χ4v) is 3.91. The highest BCUT2D eigenvalue weighted by Gasteiger charge is 2.37. The Hall–Kier alpha value is -3.03. The molecule has 2 aromatic carbocycles. The number of anilines is 1. The van der Waals surface area contributed by atoms with Gasteiger partial charge in [0.15, 0.2) is 11.5 Å². The Labute approximate surface area is 197 Å². The molecule has 31 heavy (non-hydrogen) atoms. The molecule has 1 heterocycles. The Morgan fingerprint density at radius 2 is 2.03 bits per heavy atom. The molecule has 0 atom stereocenters. The smallest absolute Gasteiger partial charge is 0.335 e. The molecule has 9 heteroatoms. The summed E-state index contributed by atoms with van der Waals surface area (Å²) in [6, 6.07) is 7.30. The van der Waals surface area contributed by atoms with Crippen LogP contribution in [-0.4, -0.2) is 31.6 Å². The number of urea groups is 1. The minimum Gasteiger partial charge on any atom is -0.493 e. The highest BCUT2D eigenvalue weighted by molar-refractivity contribution is 14.1. The van der Waals surface area contributed by atoms with Crippen LogP contribution in [0, 0.1) is 22.8 Å². The molecule has 0 bridgehead atoms. The van der Waals surface area contributed by atoms with Crippen molar-refractivity contribution in [2.24, 2.45) is 0 Å². The number of nitrogens with one attached hydrogen (secondary N) is 1. The Kier molecular flexibility index (Phi) is 6.87. The van der Waals surface area contributed by atoms with Gasteiger partial charge in [-0.05, 0) is 71.0 Å². The van der Waals surface area contributed by atoms with E-state index >= 15 is 0 Å². The summed E-state index contributed by atoms with van der Waals surface area (Å²) in [5, 5.41) is 2.58. The van der Waals surface area contributed by atoms with Gasteiger partial charge in [-0.3, -0.25) is 14.9 Å². The van der Waals surface area contributed by atoms with Gasteiger partial charge in [0.05, 0.1) is 16.4 Å². The van der Waals surface area contributed by atoms with E-state index in [-0.39, 0.29) is 12.2 Å². The maximum Gasteiger partial charge on any atom is 0.335 e. The number of hydrogen-bond donors (Lipinski definition) is 1. The van der Waals surface area contributed by atoms with Crippen LogP contribution >= 0.6 is 34.2 Å². The summed E-state index contributed by atoms with van der Waals surface area (Å²) < 4.78 is 11.5. The van der Waals surface area contributed by atoms with E-state index in [0.29, 0.717) is 36.9 Å². The molecule has 1 aliphatic heterocycles. The largest absolute Gasteiger partial charge is 0.493 e. The van der Waals surface area contributed by atoms with Gasteiger partial charge >= 0.3 is 6.03 Å². The first-order valence-electron chi connectivity index (χ1n) is 8.88. The lowest BCUT2D eigenvalue weighted by molar-refractivity contribution is -0.122. The van der Waals surface area contributed by atoms with E-state index in [0.717, 1.165) is 4.90 Å². The number of terminal acetylenes is 1. The third-order valence-electron chi connectivity index (χ3n) is 4.44. The van der Waals surface area contributed by atoms with E-state index in [4.69, 9.17) is 27.5 Å². The number of imide groups is 2. The number of carbonyl (C=O) groups is 3. The summed E-state index contributed by atoms with van der Waals surface area (Å²) >= 11 is 8.17. The number of hydrogen-bond acceptors (Lipinski definition) is 5. The predicted octanol–water partition coefficient (Wildman–Crippen LogP) is 3.94. The highest BCUT2D eigenvalue weighted by Crippen LogP contribution is 2.35. The third-order valence-corrected chi connectivity index (χ3v) is 5.66. The number of halogens is 2. The molecule has 0 radical (unpaired) electrons. The zero-order valence-corrected chi connectivity index (χ0v) is 19.4. The summed E-state index contributed by atoms with van der Waals surface area (Å²) in [5.74, 6) is 1.66. The standard InChI is InChI=1S/C22H16ClIN2O5/c1-4-8-31-19-16(24)10-13(11-18(19)30-3)9-14-20(27)25-22(29)26(21(14)28)17-7-5-6-15(23)12(17)2/h1,5-7,9-11H,8H2,2-3H3,(H,25,27,29)/b14-9+. The van der Waals surface area contributed by atoms with E-state index in [2.05, 4.69) is 11.2 Å². The minimum atomic E-state index is -0.845. The van der Waals surface area contributed by atoms with Crippen molar-refractivity contribution in [1.82, 2.24) is 5.32 Å². The molecule has 1 saturated heterocycles. The van der Waals surface area contributed by atoms with Crippen LogP contribution in [0.15, 0.2) is 35.9 Å². The molecule has 4 amide bonds. The molecule has 0 saturated carbocycles. The van der Waals surface area contributed by atoms with Crippen molar-refractivity contribution in [2.75, 3.05) is 18.6 Å². The number of amides is 4. The van der Waals surface area contributed by atoms with Crippen LogP contribution in [0.1, 0.15) is 11.1 Å². The molecule has 0 aliphatic carbocycles. The predicted molar refractivity (Wildman–Crippen MR) is 125 cm³/mol. The van der Waals surface area contributed by atoms with Gasteiger partial charge < -0.3 is 9.47 Å². The molecular formula is C22H16ClIN2O5. The average molecular weight is 551 g/mol. The third kappa shape index (κ3) is 4.52. The van der Waals surface area contributed by atoms with Crippen LogP contribution in [0.5, 0.6) is 11.5 Å². The summed E-state index contributed by atoms with van der Waals surface area (Å²) in [5.41, 5.74) is 1.12. The Balaban J connectivity index is 2.05. The zero-order valence-electron chi connectivity index (χ0n) is 16.5. The topological polar surface area (TPSA) is 84.9 Å². The second-order valence-electron chi connectivity index (χ2n) is 6.37. The highest BCUT2D eigenvalue weighted by atomic mass is 127. The molecule has 158 valence electrons. The van der Waals surface area contributed by atoms with E-state index in [1.54, 1.807) is 37.3 Å². The first-order valence-corrected chi connectivity index (χ1v) is 10.3. The van der Waals surface area contributed by atoms with Crippen LogP contribution in [0.3, 0.4) is 0 Å². The number of barbiturate groups is 1. The SMILES string of the molecule is C#CCOc1c(I)cc(/C=C2\C(=O)NC(=O)N(c3cccc(Cl)c3C)C2=O)cc1OC. The Bertz CT molecular complexity index is 1170. The second-order valence-corrected chi connectivity index (χ2v) is 7.94. The first-order chi connectivity index (χ1) is 14.8. The summed E-state index contributed by atoms with van der Waals surface area (Å²) in [7, 11) is 1.46. The molecule has 1 N–H and O–H groups in total. The maximum atomic E-state index is 13.1. The fourth-order valence-electron chi connectivity index (χ4n) is 2.96. The first kappa shape index (κ1) is 22.7. The van der Waals surface area contributed by atoms with Crippen LogP contribution in [0.25, 0.3) is 6.08 Å². The molecule has 1 aliphatic rings. The van der Waals surface area contributed by atoms with E-state index in [1.165, 1.54) is 13.2 Å².